The number of nitrogens with zero attached hydrogens (tertiary/aromatic N) is 1. The summed E-state index contributed by atoms with van der Waals surface area (Å²) in [5.41, 5.74) is -3.48. The number of phenolic OH excluding ortho intramolecular Hbond substituents is 2. The second kappa shape index (κ2) is 11.6. The van der Waals surface area contributed by atoms with Crippen LogP contribution >= 0.6 is 0 Å². The fourth-order valence-electron chi connectivity index (χ4n) is 6.75. The predicted octanol–water partition coefficient (Wildman–Crippen LogP) is 1.38. The number of hydrogen-bond acceptors (Lipinski definition) is 12. The van der Waals surface area contributed by atoms with Crippen LogP contribution in [0.4, 0.5) is 0 Å². The number of aromatic hydroxyl groups is 2. The summed E-state index contributed by atoms with van der Waals surface area (Å²) in [5, 5.41) is 55.0. The van der Waals surface area contributed by atoms with Crippen LogP contribution in [0.25, 0.3) is 0 Å². The van der Waals surface area contributed by atoms with Crippen molar-refractivity contribution in [3.8, 4) is 17.2 Å². The first-order valence-electron chi connectivity index (χ1n) is 14.4. The lowest BCUT2D eigenvalue weighted by atomic mass is 9.72. The second-order valence-corrected chi connectivity index (χ2v) is 11.3. The third-order valence-corrected chi connectivity index (χ3v) is 9.01. The molecule has 0 amide bonds. The Morgan fingerprint density at radius 3 is 2.40 bits per heavy atom. The molecule has 12 nitrogen and oxygen atoms in total. The Kier molecular flexibility index (Phi) is 8.38. The minimum absolute atomic E-state index is 0.0394. The summed E-state index contributed by atoms with van der Waals surface area (Å²) in [4.78, 5) is 42.3. The molecule has 3 aliphatic rings. The number of aliphatic hydroxyl groups excluding tert-OH is 2. The third-order valence-electron chi connectivity index (χ3n) is 9.01. The molecule has 0 aromatic heterocycles. The number of methoxy groups -OCH3 is 1. The van der Waals surface area contributed by atoms with E-state index in [2.05, 4.69) is 4.90 Å². The Morgan fingerprint density at radius 1 is 1.09 bits per heavy atom. The van der Waals surface area contributed by atoms with E-state index in [0.29, 0.717) is 13.1 Å². The maximum absolute atomic E-state index is 13.8. The number of hydrogen-bond donors (Lipinski definition) is 5. The number of carbonyl (C=O) groups excluding carboxylic acids is 3. The molecular formula is C31H37NO11. The molecule has 0 saturated carbocycles. The number of likely N-dealkylation sites (N-methyl/N-ethyl adjacent to an activating group) is 1. The average Bonchev–Trinajstić information content (AvgIpc) is 2.99. The first-order chi connectivity index (χ1) is 20.4. The number of carbonyl (C=O) groups is 3. The average molecular weight is 600 g/mol. The van der Waals surface area contributed by atoms with Gasteiger partial charge in [-0.1, -0.05) is 26.0 Å². The zero-order chi connectivity index (χ0) is 31.4. The molecule has 12 heteroatoms. The van der Waals surface area contributed by atoms with Gasteiger partial charge in [0.1, 0.15) is 29.5 Å². The van der Waals surface area contributed by atoms with E-state index in [4.69, 9.17) is 14.2 Å². The van der Waals surface area contributed by atoms with Gasteiger partial charge in [0.05, 0.1) is 42.1 Å². The first-order valence-corrected chi connectivity index (χ1v) is 14.4. The standard InChI is InChI=1S/C31H37NO11/c1-5-32(6-2)17-10-21(42-14(3)26(17)35)43-19-12-31(40,20(34)13-33)11-16-23(19)30(39)25-24(28(16)37)27(36)15-8-7-9-18(41-4)22(15)29(25)38/h7-9,14,17,19,21,26,33,35,37,39-40H,5-6,10-13H2,1-4H3/t14-,17-,19-,21+,26+,31+/m1/s1. The van der Waals surface area contributed by atoms with Crippen molar-refractivity contribution in [2.24, 2.45) is 0 Å². The van der Waals surface area contributed by atoms with Crippen LogP contribution in [0.5, 0.6) is 17.2 Å². The highest BCUT2D eigenvalue weighted by Gasteiger charge is 2.50. The quantitative estimate of drug-likeness (QED) is 0.235. The number of Topliss-reactive ketones (excluding diaryl/α,β-unsaturated/α-hetero) is 1. The molecule has 1 aliphatic heterocycles. The fraction of sp³-hybridized carbons (Fsp3) is 0.516. The largest absolute Gasteiger partial charge is 0.507 e. The van der Waals surface area contributed by atoms with Gasteiger partial charge >= 0.3 is 0 Å². The number of aliphatic hydroxyl groups is 3. The SMILES string of the molecule is CCN(CC)[C@@H]1C[C@H](O[C@@H]2C[C@](O)(C(=O)CO)Cc3c(O)c4c(c(O)c32)C(=O)c2c(OC)cccc2C4=O)O[C@H](C)[C@@H]1O. The van der Waals surface area contributed by atoms with Crippen molar-refractivity contribution >= 4 is 17.3 Å². The number of benzene rings is 2. The zero-order valence-corrected chi connectivity index (χ0v) is 24.5. The maximum atomic E-state index is 13.8. The van der Waals surface area contributed by atoms with Crippen molar-refractivity contribution in [2.75, 3.05) is 26.8 Å². The van der Waals surface area contributed by atoms with E-state index >= 15 is 0 Å². The topological polar surface area (TPSA) is 183 Å². The molecular weight excluding hydrogens is 562 g/mol. The Balaban J connectivity index is 1.65. The van der Waals surface area contributed by atoms with E-state index in [1.807, 2.05) is 13.8 Å². The lowest BCUT2D eigenvalue weighted by Gasteiger charge is -2.45. The number of ether oxygens (including phenoxy) is 3. The molecule has 6 atom stereocenters. The van der Waals surface area contributed by atoms with E-state index in [-0.39, 0.29) is 40.5 Å². The molecule has 2 aromatic carbocycles. The van der Waals surface area contributed by atoms with Crippen LogP contribution < -0.4 is 4.74 Å². The van der Waals surface area contributed by atoms with Gasteiger partial charge in [0.2, 0.25) is 5.78 Å². The van der Waals surface area contributed by atoms with Crippen LogP contribution in [-0.2, 0) is 20.7 Å². The van der Waals surface area contributed by atoms with Crippen molar-refractivity contribution in [3.63, 3.8) is 0 Å². The highest BCUT2D eigenvalue weighted by atomic mass is 16.7. The number of phenols is 2. The Hall–Kier alpha value is -3.39. The van der Waals surface area contributed by atoms with Crippen molar-refractivity contribution in [1.82, 2.24) is 4.90 Å². The summed E-state index contributed by atoms with van der Waals surface area (Å²) >= 11 is 0. The van der Waals surface area contributed by atoms with Crippen LogP contribution in [0.1, 0.15) is 82.7 Å². The van der Waals surface area contributed by atoms with E-state index in [0.717, 1.165) is 0 Å². The lowest BCUT2D eigenvalue weighted by Crippen LogP contribution is -2.55. The molecule has 1 fully saturated rings. The van der Waals surface area contributed by atoms with Gasteiger partial charge in [-0.2, -0.15) is 0 Å². The monoisotopic (exact) mass is 599 g/mol. The van der Waals surface area contributed by atoms with Crippen molar-refractivity contribution in [1.29, 1.82) is 0 Å². The van der Waals surface area contributed by atoms with Crippen molar-refractivity contribution in [2.45, 2.75) is 76.3 Å². The van der Waals surface area contributed by atoms with Gasteiger partial charge in [0, 0.05) is 42.0 Å². The molecule has 1 heterocycles. The maximum Gasteiger partial charge on any atom is 0.202 e. The summed E-state index contributed by atoms with van der Waals surface area (Å²) < 4.78 is 17.5. The van der Waals surface area contributed by atoms with Crippen molar-refractivity contribution < 1.29 is 54.1 Å². The smallest absolute Gasteiger partial charge is 0.202 e. The molecule has 0 bridgehead atoms. The summed E-state index contributed by atoms with van der Waals surface area (Å²) in [5.74, 6) is -3.66. The third kappa shape index (κ3) is 4.91. The summed E-state index contributed by atoms with van der Waals surface area (Å²) in [6.45, 7) is 5.90. The van der Waals surface area contributed by atoms with Gasteiger partial charge < -0.3 is 39.7 Å². The Labute approximate surface area is 248 Å². The Bertz CT molecular complexity index is 1470. The molecule has 2 aliphatic carbocycles. The normalized spacial score (nSPS) is 28.3. The highest BCUT2D eigenvalue weighted by Crippen LogP contribution is 2.52. The Morgan fingerprint density at radius 2 is 1.77 bits per heavy atom. The molecule has 0 unspecified atom stereocenters. The molecule has 43 heavy (non-hydrogen) atoms. The van der Waals surface area contributed by atoms with Crippen LogP contribution in [0, 0.1) is 0 Å². The van der Waals surface area contributed by atoms with Gasteiger partial charge in [0.15, 0.2) is 17.9 Å². The molecule has 5 N–H and O–H groups in total. The molecule has 1 saturated heterocycles. The van der Waals surface area contributed by atoms with Gasteiger partial charge in [-0.05, 0) is 26.1 Å². The molecule has 232 valence electrons. The molecule has 5 rings (SSSR count). The van der Waals surface area contributed by atoms with Gasteiger partial charge in [0.25, 0.3) is 0 Å². The number of rotatable bonds is 8. The first kappa shape index (κ1) is 31.0. The number of fused-ring (bicyclic) bond motifs is 3. The molecule has 0 spiro atoms. The second-order valence-electron chi connectivity index (χ2n) is 11.3. The van der Waals surface area contributed by atoms with Crippen LogP contribution in [0.15, 0.2) is 18.2 Å². The molecule has 0 radical (unpaired) electrons. The lowest BCUT2D eigenvalue weighted by molar-refractivity contribution is -0.258. The molecule has 2 aromatic rings. The summed E-state index contributed by atoms with van der Waals surface area (Å²) in [6.07, 6.45) is -4.57. The highest BCUT2D eigenvalue weighted by molar-refractivity contribution is 6.31. The minimum Gasteiger partial charge on any atom is -0.507 e. The van der Waals surface area contributed by atoms with Gasteiger partial charge in [-0.3, -0.25) is 19.3 Å². The van der Waals surface area contributed by atoms with Crippen molar-refractivity contribution in [3.05, 3.63) is 51.6 Å². The van der Waals surface area contributed by atoms with Crippen LogP contribution in [0.2, 0.25) is 0 Å². The summed E-state index contributed by atoms with van der Waals surface area (Å²) in [7, 11) is 1.34. The van der Waals surface area contributed by atoms with E-state index < -0.39 is 89.6 Å². The summed E-state index contributed by atoms with van der Waals surface area (Å²) in [6, 6.07) is 4.06. The van der Waals surface area contributed by atoms with Gasteiger partial charge in [-0.15, -0.1) is 0 Å². The van der Waals surface area contributed by atoms with E-state index in [1.165, 1.54) is 25.3 Å². The zero-order valence-electron chi connectivity index (χ0n) is 24.5. The van der Waals surface area contributed by atoms with Crippen LogP contribution in [0.3, 0.4) is 0 Å². The van der Waals surface area contributed by atoms with E-state index in [1.54, 1.807) is 6.92 Å². The van der Waals surface area contributed by atoms with Gasteiger partial charge in [-0.25, -0.2) is 0 Å². The number of ketones is 3. The van der Waals surface area contributed by atoms with E-state index in [9.17, 15) is 39.9 Å². The minimum atomic E-state index is -2.23. The fourth-order valence-corrected chi connectivity index (χ4v) is 6.75. The van der Waals surface area contributed by atoms with Crippen LogP contribution in [-0.4, -0.2) is 105 Å². The predicted molar refractivity (Wildman–Crippen MR) is 150 cm³/mol.